The fourth-order valence-corrected chi connectivity index (χ4v) is 5.08. The Morgan fingerprint density at radius 2 is 2.09 bits per heavy atom. The number of rotatable bonds is 12. The summed E-state index contributed by atoms with van der Waals surface area (Å²) in [5.74, 6) is 0.834. The number of thiophene rings is 1. The molecule has 0 aliphatic heterocycles. The number of hydrogen-bond donors (Lipinski definition) is 1. The van der Waals surface area contributed by atoms with Crippen molar-refractivity contribution in [3.8, 4) is 5.75 Å². The van der Waals surface area contributed by atoms with Crippen molar-refractivity contribution in [2.24, 2.45) is 0 Å². The van der Waals surface area contributed by atoms with Crippen molar-refractivity contribution < 1.29 is 9.53 Å². The number of fused-ring (bicyclic) bond motifs is 1. The van der Waals surface area contributed by atoms with Gasteiger partial charge in [0.25, 0.3) is 0 Å². The van der Waals surface area contributed by atoms with Gasteiger partial charge in [-0.05, 0) is 85.9 Å². The highest BCUT2D eigenvalue weighted by molar-refractivity contribution is 7.20. The highest BCUT2D eigenvalue weighted by Gasteiger charge is 2.12. The second-order valence-corrected chi connectivity index (χ2v) is 9.34. The molecule has 0 aliphatic carbocycles. The number of amides is 1. The molecule has 0 radical (unpaired) electrons. The van der Waals surface area contributed by atoms with Crippen molar-refractivity contribution in [3.05, 3.63) is 64.8 Å². The van der Waals surface area contributed by atoms with E-state index >= 15 is 0 Å². The normalized spacial score (nSPS) is 12.3. The minimum atomic E-state index is -0.0339. The van der Waals surface area contributed by atoms with Gasteiger partial charge >= 0.3 is 0 Å². The molecule has 0 unspecified atom stereocenters. The van der Waals surface area contributed by atoms with Crippen molar-refractivity contribution in [3.63, 3.8) is 0 Å². The minimum absolute atomic E-state index is 0.0339. The van der Waals surface area contributed by atoms with Crippen LogP contribution in [0.2, 0.25) is 0 Å². The minimum Gasteiger partial charge on any atom is -0.497 e. The Balaban J connectivity index is 1.61. The van der Waals surface area contributed by atoms with Crippen molar-refractivity contribution in [2.75, 3.05) is 7.11 Å². The van der Waals surface area contributed by atoms with E-state index in [0.29, 0.717) is 0 Å². The summed E-state index contributed by atoms with van der Waals surface area (Å²) in [6.07, 6.45) is 14.9. The first kappa shape index (κ1) is 24.0. The van der Waals surface area contributed by atoms with E-state index in [4.69, 9.17) is 4.74 Å². The lowest BCUT2D eigenvalue weighted by Crippen LogP contribution is -2.31. The molecule has 1 amide bonds. The molecule has 3 rings (SSSR count). The maximum absolute atomic E-state index is 12.5. The van der Waals surface area contributed by atoms with Crippen molar-refractivity contribution in [2.45, 2.75) is 64.8 Å². The number of methoxy groups -OCH3 is 1. The van der Waals surface area contributed by atoms with Crippen LogP contribution in [0.1, 0.15) is 62.0 Å². The first-order valence-electron chi connectivity index (χ1n) is 11.6. The van der Waals surface area contributed by atoms with Crippen LogP contribution >= 0.6 is 11.3 Å². The predicted molar refractivity (Wildman–Crippen MR) is 135 cm³/mol. The van der Waals surface area contributed by atoms with Gasteiger partial charge in [-0.15, -0.1) is 11.3 Å². The van der Waals surface area contributed by atoms with E-state index in [2.05, 4.69) is 42.3 Å². The van der Waals surface area contributed by atoms with Crippen LogP contribution in [0.3, 0.4) is 0 Å². The number of carbonyl (C=O) groups is 1. The van der Waals surface area contributed by atoms with Crippen LogP contribution in [0.4, 0.5) is 0 Å². The van der Waals surface area contributed by atoms with Crippen LogP contribution in [0.25, 0.3) is 16.2 Å². The molecule has 3 aromatic rings. The van der Waals surface area contributed by atoms with Gasteiger partial charge in [0.1, 0.15) is 5.75 Å². The van der Waals surface area contributed by atoms with Crippen molar-refractivity contribution in [1.29, 1.82) is 0 Å². The fourth-order valence-electron chi connectivity index (χ4n) is 3.89. The lowest BCUT2D eigenvalue weighted by atomic mass is 10.0. The number of aryl methyl sites for hydroxylation is 2. The standard InChI is InChI=1S/C27H34N2O2S/c1-4-5-6-12-23-24-14-13-22(31-3)18-26(24)32-25(23)15-16-27(30)29-20(2)9-7-10-21-11-8-17-28-19-21/h8,11,13-20H,4-7,9-10,12H2,1-3H3,(H,29,30)/b16-15+/t20-/m0/s1. The largest absolute Gasteiger partial charge is 0.497 e. The Hall–Kier alpha value is -2.66. The van der Waals surface area contributed by atoms with E-state index in [1.54, 1.807) is 30.7 Å². The molecule has 0 spiro atoms. The third kappa shape index (κ3) is 6.92. The van der Waals surface area contributed by atoms with Crippen LogP contribution in [0.15, 0.2) is 48.8 Å². The molecule has 0 aliphatic rings. The predicted octanol–water partition coefficient (Wildman–Crippen LogP) is 6.58. The Kier molecular flexibility index (Phi) is 9.29. The lowest BCUT2D eigenvalue weighted by molar-refractivity contribution is -0.117. The molecule has 32 heavy (non-hydrogen) atoms. The quantitative estimate of drug-likeness (QED) is 0.250. The summed E-state index contributed by atoms with van der Waals surface area (Å²) in [4.78, 5) is 17.8. The summed E-state index contributed by atoms with van der Waals surface area (Å²) in [6, 6.07) is 10.5. The molecule has 4 nitrogen and oxygen atoms in total. The Bertz CT molecular complexity index is 1030. The van der Waals surface area contributed by atoms with Gasteiger partial charge in [0, 0.05) is 34.1 Å². The number of hydrogen-bond acceptors (Lipinski definition) is 4. The van der Waals surface area contributed by atoms with Crippen LogP contribution in [-0.2, 0) is 17.6 Å². The van der Waals surface area contributed by atoms with E-state index in [1.807, 2.05) is 24.4 Å². The summed E-state index contributed by atoms with van der Waals surface area (Å²) in [5.41, 5.74) is 2.58. The first-order valence-corrected chi connectivity index (χ1v) is 12.4. The molecule has 1 N–H and O–H groups in total. The topological polar surface area (TPSA) is 51.2 Å². The first-order chi connectivity index (χ1) is 15.6. The van der Waals surface area contributed by atoms with Gasteiger partial charge in [-0.3, -0.25) is 9.78 Å². The highest BCUT2D eigenvalue weighted by Crippen LogP contribution is 2.35. The summed E-state index contributed by atoms with van der Waals surface area (Å²) >= 11 is 1.73. The van der Waals surface area contributed by atoms with Gasteiger partial charge in [0.2, 0.25) is 5.91 Å². The zero-order valence-electron chi connectivity index (χ0n) is 19.4. The van der Waals surface area contributed by atoms with Crippen LogP contribution in [0.5, 0.6) is 5.75 Å². The molecule has 2 aromatic heterocycles. The number of nitrogens with zero attached hydrogens (tertiary/aromatic N) is 1. The molecule has 0 bridgehead atoms. The van der Waals surface area contributed by atoms with E-state index in [0.717, 1.165) is 37.9 Å². The van der Waals surface area contributed by atoms with E-state index in [-0.39, 0.29) is 11.9 Å². The molecular weight excluding hydrogens is 416 g/mol. The fraction of sp³-hybridized carbons (Fsp3) is 0.407. The van der Waals surface area contributed by atoms with Crippen molar-refractivity contribution >= 4 is 33.4 Å². The summed E-state index contributed by atoms with van der Waals surface area (Å²) in [6.45, 7) is 4.29. The van der Waals surface area contributed by atoms with Gasteiger partial charge < -0.3 is 10.1 Å². The number of benzene rings is 1. The molecule has 0 saturated heterocycles. The SMILES string of the molecule is CCCCCc1c(/C=C/C(=O)N[C@@H](C)CCCc2cccnc2)sc2cc(OC)ccc12. The van der Waals surface area contributed by atoms with Gasteiger partial charge in [-0.2, -0.15) is 0 Å². The van der Waals surface area contributed by atoms with Crippen molar-refractivity contribution in [1.82, 2.24) is 10.3 Å². The van der Waals surface area contributed by atoms with Gasteiger partial charge in [0.15, 0.2) is 0 Å². The number of unbranched alkanes of at least 4 members (excludes halogenated alkanes) is 2. The molecule has 170 valence electrons. The third-order valence-electron chi connectivity index (χ3n) is 5.66. The number of ether oxygens (including phenoxy) is 1. The Morgan fingerprint density at radius 3 is 2.84 bits per heavy atom. The molecule has 2 heterocycles. The Morgan fingerprint density at radius 1 is 1.22 bits per heavy atom. The molecule has 0 fully saturated rings. The zero-order chi connectivity index (χ0) is 22.8. The van der Waals surface area contributed by atoms with Crippen LogP contribution in [0, 0.1) is 0 Å². The summed E-state index contributed by atoms with van der Waals surface area (Å²) in [7, 11) is 1.69. The lowest BCUT2D eigenvalue weighted by Gasteiger charge is -2.12. The van der Waals surface area contributed by atoms with Gasteiger partial charge in [0.05, 0.1) is 7.11 Å². The van der Waals surface area contributed by atoms with Gasteiger partial charge in [-0.1, -0.05) is 25.8 Å². The average Bonchev–Trinajstić information content (AvgIpc) is 3.15. The number of aromatic nitrogens is 1. The summed E-state index contributed by atoms with van der Waals surface area (Å²) < 4.78 is 6.60. The number of carbonyl (C=O) groups excluding carboxylic acids is 1. The summed E-state index contributed by atoms with van der Waals surface area (Å²) in [5, 5.41) is 4.38. The maximum Gasteiger partial charge on any atom is 0.244 e. The smallest absolute Gasteiger partial charge is 0.244 e. The molecule has 1 atom stereocenters. The Labute approximate surface area is 195 Å². The van der Waals surface area contributed by atoms with Crippen LogP contribution in [-0.4, -0.2) is 24.0 Å². The van der Waals surface area contributed by atoms with Crippen LogP contribution < -0.4 is 10.1 Å². The van der Waals surface area contributed by atoms with E-state index in [9.17, 15) is 4.79 Å². The molecule has 5 heteroatoms. The molecular formula is C27H34N2O2S. The van der Waals surface area contributed by atoms with E-state index < -0.39 is 0 Å². The number of nitrogens with one attached hydrogen (secondary N) is 1. The highest BCUT2D eigenvalue weighted by atomic mass is 32.1. The van der Waals surface area contributed by atoms with E-state index in [1.165, 1.54) is 38.9 Å². The number of pyridine rings is 1. The monoisotopic (exact) mass is 450 g/mol. The molecule has 1 aromatic carbocycles. The second-order valence-electron chi connectivity index (χ2n) is 8.26. The maximum atomic E-state index is 12.5. The average molecular weight is 451 g/mol. The second kappa shape index (κ2) is 12.4. The zero-order valence-corrected chi connectivity index (χ0v) is 20.2. The molecule has 0 saturated carbocycles. The third-order valence-corrected chi connectivity index (χ3v) is 6.82. The van der Waals surface area contributed by atoms with Gasteiger partial charge in [-0.25, -0.2) is 0 Å².